The zero-order valence-corrected chi connectivity index (χ0v) is 10.4. The maximum absolute atomic E-state index is 12.4. The van der Waals surface area contributed by atoms with Crippen molar-refractivity contribution in [3.63, 3.8) is 0 Å². The van der Waals surface area contributed by atoms with E-state index in [-0.39, 0.29) is 5.78 Å². The summed E-state index contributed by atoms with van der Waals surface area (Å²) in [4.78, 5) is 12.4. The molecule has 2 aromatic carbocycles. The SMILES string of the molecule is Cc1cc(C)c2c(c1)OC(c1ccccc1)C2=O. The number of rotatable bonds is 1. The molecule has 2 heteroatoms. The highest BCUT2D eigenvalue weighted by Crippen LogP contribution is 2.38. The van der Waals surface area contributed by atoms with Gasteiger partial charge in [0.2, 0.25) is 5.78 Å². The number of hydrogen-bond donors (Lipinski definition) is 0. The fourth-order valence-corrected chi connectivity index (χ4v) is 2.50. The summed E-state index contributed by atoms with van der Waals surface area (Å²) in [6, 6.07) is 13.6. The summed E-state index contributed by atoms with van der Waals surface area (Å²) in [5, 5.41) is 0. The van der Waals surface area contributed by atoms with E-state index in [1.54, 1.807) is 0 Å². The van der Waals surface area contributed by atoms with E-state index >= 15 is 0 Å². The van der Waals surface area contributed by atoms with Crippen molar-refractivity contribution in [3.8, 4) is 5.75 Å². The number of carbonyl (C=O) groups is 1. The van der Waals surface area contributed by atoms with E-state index in [0.717, 1.165) is 22.3 Å². The normalized spacial score (nSPS) is 17.4. The van der Waals surface area contributed by atoms with Gasteiger partial charge in [-0.15, -0.1) is 0 Å². The van der Waals surface area contributed by atoms with Crippen LogP contribution in [0.1, 0.15) is 33.2 Å². The molecule has 0 amide bonds. The number of aryl methyl sites for hydroxylation is 2. The first-order valence-corrected chi connectivity index (χ1v) is 6.04. The Bertz CT molecular complexity index is 614. The van der Waals surface area contributed by atoms with E-state index in [1.165, 1.54) is 0 Å². The van der Waals surface area contributed by atoms with Crippen molar-refractivity contribution in [2.24, 2.45) is 0 Å². The molecule has 0 radical (unpaired) electrons. The van der Waals surface area contributed by atoms with Crippen LogP contribution in [0.2, 0.25) is 0 Å². The Kier molecular flexibility index (Phi) is 2.44. The highest BCUT2D eigenvalue weighted by Gasteiger charge is 2.34. The third-order valence-corrected chi connectivity index (χ3v) is 3.28. The van der Waals surface area contributed by atoms with Crippen LogP contribution in [0, 0.1) is 13.8 Å². The molecule has 0 bridgehead atoms. The standard InChI is InChI=1S/C16H14O2/c1-10-8-11(2)14-13(9-10)18-16(15(14)17)12-6-4-3-5-7-12/h3-9,16H,1-2H3. The van der Waals surface area contributed by atoms with Crippen LogP contribution < -0.4 is 4.74 Å². The predicted molar refractivity (Wildman–Crippen MR) is 70.1 cm³/mol. The van der Waals surface area contributed by atoms with Crippen molar-refractivity contribution in [2.45, 2.75) is 20.0 Å². The lowest BCUT2D eigenvalue weighted by molar-refractivity contribution is 0.0858. The fraction of sp³-hybridized carbons (Fsp3) is 0.188. The third-order valence-electron chi connectivity index (χ3n) is 3.28. The molecule has 0 N–H and O–H groups in total. The Morgan fingerprint density at radius 3 is 2.50 bits per heavy atom. The summed E-state index contributed by atoms with van der Waals surface area (Å²) in [7, 11) is 0. The van der Waals surface area contributed by atoms with E-state index in [9.17, 15) is 4.79 Å². The van der Waals surface area contributed by atoms with Gasteiger partial charge in [0.15, 0.2) is 6.10 Å². The Hall–Kier alpha value is -2.09. The van der Waals surface area contributed by atoms with Crippen molar-refractivity contribution in [3.05, 3.63) is 64.7 Å². The average molecular weight is 238 g/mol. The minimum absolute atomic E-state index is 0.0636. The molecule has 18 heavy (non-hydrogen) atoms. The predicted octanol–water partition coefficient (Wildman–Crippen LogP) is 3.62. The highest BCUT2D eigenvalue weighted by molar-refractivity contribution is 6.06. The maximum atomic E-state index is 12.4. The van der Waals surface area contributed by atoms with Gasteiger partial charge in [-0.1, -0.05) is 36.4 Å². The summed E-state index contributed by atoms with van der Waals surface area (Å²) in [6.45, 7) is 3.97. The van der Waals surface area contributed by atoms with E-state index in [2.05, 4.69) is 0 Å². The Labute approximate surface area is 106 Å². The monoisotopic (exact) mass is 238 g/mol. The molecular formula is C16H14O2. The van der Waals surface area contributed by atoms with Gasteiger partial charge >= 0.3 is 0 Å². The van der Waals surface area contributed by atoms with Gasteiger partial charge in [0.05, 0.1) is 5.56 Å². The highest BCUT2D eigenvalue weighted by atomic mass is 16.5. The lowest BCUT2D eigenvalue weighted by Gasteiger charge is -2.08. The van der Waals surface area contributed by atoms with Gasteiger partial charge in [-0.05, 0) is 31.0 Å². The summed E-state index contributed by atoms with van der Waals surface area (Å²) in [5.74, 6) is 0.778. The number of benzene rings is 2. The topological polar surface area (TPSA) is 26.3 Å². The molecule has 3 rings (SSSR count). The smallest absolute Gasteiger partial charge is 0.211 e. The van der Waals surface area contributed by atoms with Gasteiger partial charge in [0.25, 0.3) is 0 Å². The Morgan fingerprint density at radius 1 is 1.06 bits per heavy atom. The van der Waals surface area contributed by atoms with E-state index in [0.29, 0.717) is 5.75 Å². The number of hydrogen-bond acceptors (Lipinski definition) is 2. The van der Waals surface area contributed by atoms with Crippen molar-refractivity contribution in [2.75, 3.05) is 0 Å². The quantitative estimate of drug-likeness (QED) is 0.758. The second kappa shape index (κ2) is 3.98. The fourth-order valence-electron chi connectivity index (χ4n) is 2.50. The summed E-state index contributed by atoms with van der Waals surface area (Å²) in [5.41, 5.74) is 3.76. The van der Waals surface area contributed by atoms with Crippen LogP contribution in [-0.4, -0.2) is 5.78 Å². The van der Waals surface area contributed by atoms with Gasteiger partial charge in [0, 0.05) is 5.56 Å². The molecule has 1 unspecified atom stereocenters. The van der Waals surface area contributed by atoms with Gasteiger partial charge in [-0.2, -0.15) is 0 Å². The van der Waals surface area contributed by atoms with Crippen LogP contribution in [-0.2, 0) is 0 Å². The third kappa shape index (κ3) is 1.61. The van der Waals surface area contributed by atoms with E-state index in [4.69, 9.17) is 4.74 Å². The molecule has 0 aliphatic carbocycles. The molecular weight excluding hydrogens is 224 g/mol. The molecule has 1 atom stereocenters. The van der Waals surface area contributed by atoms with Crippen molar-refractivity contribution >= 4 is 5.78 Å². The number of carbonyl (C=O) groups excluding carboxylic acids is 1. The van der Waals surface area contributed by atoms with Gasteiger partial charge in [0.1, 0.15) is 5.75 Å². The molecule has 0 fully saturated rings. The van der Waals surface area contributed by atoms with Gasteiger partial charge < -0.3 is 4.74 Å². The van der Waals surface area contributed by atoms with Crippen LogP contribution in [0.4, 0.5) is 0 Å². The van der Waals surface area contributed by atoms with Gasteiger partial charge in [-0.3, -0.25) is 4.79 Å². The number of ether oxygens (including phenoxy) is 1. The molecule has 1 aliphatic rings. The van der Waals surface area contributed by atoms with Crippen LogP contribution in [0.3, 0.4) is 0 Å². The first kappa shape index (κ1) is 11.0. The molecule has 90 valence electrons. The van der Waals surface area contributed by atoms with Crippen LogP contribution in [0.15, 0.2) is 42.5 Å². The second-order valence-corrected chi connectivity index (χ2v) is 4.73. The van der Waals surface area contributed by atoms with Crippen LogP contribution in [0.25, 0.3) is 0 Å². The molecule has 1 aliphatic heterocycles. The van der Waals surface area contributed by atoms with Crippen LogP contribution in [0.5, 0.6) is 5.75 Å². The number of fused-ring (bicyclic) bond motifs is 1. The maximum Gasteiger partial charge on any atom is 0.211 e. The van der Waals surface area contributed by atoms with Gasteiger partial charge in [-0.25, -0.2) is 0 Å². The Balaban J connectivity index is 2.07. The lowest BCUT2D eigenvalue weighted by atomic mass is 9.98. The zero-order valence-electron chi connectivity index (χ0n) is 10.4. The van der Waals surface area contributed by atoms with Crippen molar-refractivity contribution < 1.29 is 9.53 Å². The molecule has 0 saturated carbocycles. The summed E-state index contributed by atoms with van der Waals surface area (Å²) in [6.07, 6.45) is -0.485. The number of ketones is 1. The second-order valence-electron chi connectivity index (χ2n) is 4.73. The number of Topliss-reactive ketones (excluding diaryl/α,β-unsaturated/α-hetero) is 1. The minimum atomic E-state index is -0.485. The van der Waals surface area contributed by atoms with Crippen molar-refractivity contribution in [1.29, 1.82) is 0 Å². The first-order chi connectivity index (χ1) is 8.66. The van der Waals surface area contributed by atoms with E-state index < -0.39 is 6.10 Å². The largest absolute Gasteiger partial charge is 0.477 e. The lowest BCUT2D eigenvalue weighted by Crippen LogP contribution is -2.11. The minimum Gasteiger partial charge on any atom is -0.477 e. The van der Waals surface area contributed by atoms with Crippen LogP contribution >= 0.6 is 0 Å². The van der Waals surface area contributed by atoms with E-state index in [1.807, 2.05) is 56.3 Å². The molecule has 1 heterocycles. The molecule has 2 aromatic rings. The average Bonchev–Trinajstić information content (AvgIpc) is 2.67. The first-order valence-electron chi connectivity index (χ1n) is 6.04. The molecule has 2 nitrogen and oxygen atoms in total. The molecule has 0 spiro atoms. The summed E-state index contributed by atoms with van der Waals surface area (Å²) >= 11 is 0. The summed E-state index contributed by atoms with van der Waals surface area (Å²) < 4.78 is 5.82. The van der Waals surface area contributed by atoms with Crippen molar-refractivity contribution in [1.82, 2.24) is 0 Å². The zero-order chi connectivity index (χ0) is 12.7. The Morgan fingerprint density at radius 2 is 1.78 bits per heavy atom. The molecule has 0 aromatic heterocycles. The molecule has 0 saturated heterocycles.